The Morgan fingerprint density at radius 3 is 2.23 bits per heavy atom. The number of likely N-dealkylation sites (N-methyl/N-ethyl adjacent to an activating group) is 1. The first-order chi connectivity index (χ1) is 21.3. The van der Waals surface area contributed by atoms with Crippen molar-refractivity contribution in [1.82, 2.24) is 19.8 Å². The normalized spacial score (nSPS) is 14.8. The summed E-state index contributed by atoms with van der Waals surface area (Å²) in [5.74, 6) is -0.393. The maximum atomic E-state index is 13.1. The van der Waals surface area contributed by atoms with Crippen LogP contribution >= 0.6 is 11.3 Å². The quantitative estimate of drug-likeness (QED) is 0.228. The Morgan fingerprint density at radius 1 is 0.955 bits per heavy atom. The lowest BCUT2D eigenvalue weighted by molar-refractivity contribution is 0.0664. The standard InChI is InChI=1S/C24H29N5O2.C4H5N3OS.C2H6.C2H4/c1-27-11-13-29(14-12-27)24(31)16-5-6-17-19(15-16)26-22-18(23(25)30)7-8-20(21(17)22)28-9-3-2-4-10-28;5-3(8)7-4-6-1-2-9-4;2*1-2/h5-8,15,26H,2-4,9-14H2,1H3,(H2,25,30);1-2H,(H3,5,6,7,8);1-2H3;1-2H2. The van der Waals surface area contributed by atoms with E-state index in [0.29, 0.717) is 16.3 Å². The summed E-state index contributed by atoms with van der Waals surface area (Å²) >= 11 is 1.33. The average molecular weight is 621 g/mol. The fraction of sp³-hybridized carbons (Fsp3) is 0.375. The predicted octanol–water partition coefficient (Wildman–Crippen LogP) is 5.26. The first-order valence-electron chi connectivity index (χ1n) is 14.9. The number of nitrogens with zero attached hydrogens (tertiary/aromatic N) is 4. The van der Waals surface area contributed by atoms with E-state index >= 15 is 0 Å². The molecule has 2 aromatic heterocycles. The number of thiazole rings is 1. The molecule has 236 valence electrons. The van der Waals surface area contributed by atoms with Crippen LogP contribution in [-0.4, -0.2) is 83.9 Å². The largest absolute Gasteiger partial charge is 0.371 e. The van der Waals surface area contributed by atoms with Crippen LogP contribution in [-0.2, 0) is 0 Å². The SMILES string of the molecule is C=C.CC.CN1CCN(C(=O)c2ccc3c(c2)[nH]c2c(C(N)=O)ccc(N4CCCCC4)c23)CC1.NC(=O)Nc1nccs1. The molecule has 2 fully saturated rings. The minimum atomic E-state index is -0.579. The fourth-order valence-electron chi connectivity index (χ4n) is 5.31. The van der Waals surface area contributed by atoms with Gasteiger partial charge in [-0.05, 0) is 50.6 Å². The lowest BCUT2D eigenvalue weighted by atomic mass is 10.0. The van der Waals surface area contributed by atoms with Crippen molar-refractivity contribution < 1.29 is 14.4 Å². The second kappa shape index (κ2) is 16.4. The average Bonchev–Trinajstić information content (AvgIpc) is 3.70. The predicted molar refractivity (Wildman–Crippen MR) is 182 cm³/mol. The van der Waals surface area contributed by atoms with Gasteiger partial charge in [-0.2, -0.15) is 0 Å². The van der Waals surface area contributed by atoms with E-state index in [1.165, 1.54) is 30.6 Å². The first-order valence-corrected chi connectivity index (χ1v) is 15.8. The molecular weight excluding hydrogens is 576 g/mol. The third-order valence-corrected chi connectivity index (χ3v) is 8.08. The van der Waals surface area contributed by atoms with Crippen molar-refractivity contribution in [3.8, 4) is 0 Å². The van der Waals surface area contributed by atoms with Crippen LogP contribution in [0.25, 0.3) is 21.8 Å². The number of nitrogens with two attached hydrogens (primary N) is 2. The highest BCUT2D eigenvalue weighted by atomic mass is 32.1. The Morgan fingerprint density at radius 2 is 1.64 bits per heavy atom. The molecule has 2 aliphatic heterocycles. The number of carbonyl (C=O) groups excluding carboxylic acids is 3. The van der Waals surface area contributed by atoms with E-state index in [0.717, 1.165) is 66.8 Å². The van der Waals surface area contributed by atoms with Crippen molar-refractivity contribution in [2.45, 2.75) is 33.1 Å². The lowest BCUT2D eigenvalue weighted by Gasteiger charge is -2.32. The van der Waals surface area contributed by atoms with Gasteiger partial charge in [-0.15, -0.1) is 24.5 Å². The molecule has 11 nitrogen and oxygen atoms in total. The van der Waals surface area contributed by atoms with E-state index in [4.69, 9.17) is 11.5 Å². The number of piperazine rings is 1. The summed E-state index contributed by atoms with van der Waals surface area (Å²) in [6.07, 6.45) is 5.19. The highest BCUT2D eigenvalue weighted by molar-refractivity contribution is 7.13. The molecule has 2 aromatic carbocycles. The van der Waals surface area contributed by atoms with Gasteiger partial charge in [0.15, 0.2) is 5.13 Å². The van der Waals surface area contributed by atoms with Gasteiger partial charge in [0.25, 0.3) is 11.8 Å². The highest BCUT2D eigenvalue weighted by Crippen LogP contribution is 2.37. The summed E-state index contributed by atoms with van der Waals surface area (Å²) in [6, 6.07) is 9.10. The van der Waals surface area contributed by atoms with Crippen LogP contribution in [0.2, 0.25) is 0 Å². The molecule has 44 heavy (non-hydrogen) atoms. The van der Waals surface area contributed by atoms with Crippen molar-refractivity contribution in [3.63, 3.8) is 0 Å². The molecule has 2 aliphatic rings. The summed E-state index contributed by atoms with van der Waals surface area (Å²) in [7, 11) is 2.08. The van der Waals surface area contributed by atoms with Crippen molar-refractivity contribution in [2.24, 2.45) is 11.5 Å². The maximum Gasteiger partial charge on any atom is 0.318 e. The number of H-pyrrole nitrogens is 1. The Hall–Kier alpha value is -4.42. The summed E-state index contributed by atoms with van der Waals surface area (Å²) < 4.78 is 0. The maximum absolute atomic E-state index is 13.1. The Bertz CT molecular complexity index is 1540. The Balaban J connectivity index is 0.000000345. The van der Waals surface area contributed by atoms with Gasteiger partial charge >= 0.3 is 6.03 Å². The molecule has 0 bridgehead atoms. The van der Waals surface area contributed by atoms with Gasteiger partial charge < -0.3 is 31.2 Å². The number of rotatable bonds is 4. The molecule has 0 unspecified atom stereocenters. The van der Waals surface area contributed by atoms with Crippen LogP contribution in [0.1, 0.15) is 53.8 Å². The van der Waals surface area contributed by atoms with E-state index in [-0.39, 0.29) is 5.91 Å². The lowest BCUT2D eigenvalue weighted by Crippen LogP contribution is -2.47. The first kappa shape index (κ1) is 34.1. The number of amides is 4. The van der Waals surface area contributed by atoms with Gasteiger partial charge in [-0.1, -0.05) is 19.9 Å². The zero-order valence-electron chi connectivity index (χ0n) is 25.9. The summed E-state index contributed by atoms with van der Waals surface area (Å²) in [5, 5.41) is 6.66. The number of urea groups is 1. The van der Waals surface area contributed by atoms with Crippen molar-refractivity contribution in [1.29, 1.82) is 0 Å². The third kappa shape index (κ3) is 8.14. The molecule has 12 heteroatoms. The number of benzene rings is 2. The minimum absolute atomic E-state index is 0.0556. The topological polar surface area (TPSA) is 154 Å². The molecule has 0 atom stereocenters. The van der Waals surface area contributed by atoms with E-state index in [2.05, 4.69) is 45.3 Å². The highest BCUT2D eigenvalue weighted by Gasteiger charge is 2.23. The number of anilines is 2. The smallest absolute Gasteiger partial charge is 0.318 e. The Labute approximate surface area is 262 Å². The van der Waals surface area contributed by atoms with E-state index < -0.39 is 11.9 Å². The summed E-state index contributed by atoms with van der Waals surface area (Å²) in [6.45, 7) is 15.3. The number of carbonyl (C=O) groups is 3. The van der Waals surface area contributed by atoms with Crippen molar-refractivity contribution in [2.75, 3.05) is 56.5 Å². The number of hydrogen-bond acceptors (Lipinski definition) is 7. The van der Waals surface area contributed by atoms with Crippen molar-refractivity contribution in [3.05, 3.63) is 66.2 Å². The molecule has 0 spiro atoms. The van der Waals surface area contributed by atoms with Crippen molar-refractivity contribution >= 4 is 61.8 Å². The number of hydrogen-bond donors (Lipinski definition) is 4. The molecule has 4 amide bonds. The number of piperidine rings is 1. The number of aromatic nitrogens is 2. The molecule has 4 aromatic rings. The van der Waals surface area contributed by atoms with Gasteiger partial charge in [-0.3, -0.25) is 14.9 Å². The van der Waals surface area contributed by atoms with Crippen LogP contribution < -0.4 is 21.7 Å². The van der Waals surface area contributed by atoms with Crippen LogP contribution in [0.15, 0.2) is 55.1 Å². The van der Waals surface area contributed by atoms with Gasteiger partial charge in [0.1, 0.15) is 0 Å². The molecule has 0 saturated carbocycles. The summed E-state index contributed by atoms with van der Waals surface area (Å²) in [5.41, 5.74) is 14.4. The molecule has 6 N–H and O–H groups in total. The van der Waals surface area contributed by atoms with Crippen LogP contribution in [0, 0.1) is 0 Å². The van der Waals surface area contributed by atoms with Crippen LogP contribution in [0.4, 0.5) is 15.6 Å². The van der Waals surface area contributed by atoms with E-state index in [1.807, 2.05) is 49.1 Å². The molecular formula is C32H44N8O3S. The van der Waals surface area contributed by atoms with Crippen LogP contribution in [0.3, 0.4) is 0 Å². The second-order valence-electron chi connectivity index (χ2n) is 10.1. The zero-order valence-corrected chi connectivity index (χ0v) is 26.7. The number of fused-ring (bicyclic) bond motifs is 3. The van der Waals surface area contributed by atoms with Crippen LogP contribution in [0.5, 0.6) is 0 Å². The minimum Gasteiger partial charge on any atom is -0.371 e. The Kier molecular flexibility index (Phi) is 12.7. The summed E-state index contributed by atoms with van der Waals surface area (Å²) in [4.78, 5) is 49.0. The monoisotopic (exact) mass is 620 g/mol. The van der Waals surface area contributed by atoms with Gasteiger partial charge in [0.05, 0.1) is 11.1 Å². The zero-order chi connectivity index (χ0) is 32.2. The fourth-order valence-corrected chi connectivity index (χ4v) is 5.85. The third-order valence-electron chi connectivity index (χ3n) is 7.39. The van der Waals surface area contributed by atoms with Gasteiger partial charge in [0, 0.05) is 78.4 Å². The number of aromatic amines is 1. The molecule has 2 saturated heterocycles. The molecule has 0 radical (unpaired) electrons. The van der Waals surface area contributed by atoms with E-state index in [9.17, 15) is 14.4 Å². The molecule has 4 heterocycles. The van der Waals surface area contributed by atoms with Gasteiger partial charge in [-0.25, -0.2) is 9.78 Å². The van der Waals surface area contributed by atoms with Gasteiger partial charge in [0.2, 0.25) is 0 Å². The second-order valence-corrected chi connectivity index (χ2v) is 11.0. The molecule has 0 aliphatic carbocycles. The number of primary amides is 2. The number of nitrogens with one attached hydrogen (secondary N) is 2. The van der Waals surface area contributed by atoms with E-state index in [1.54, 1.807) is 11.6 Å². The molecule has 6 rings (SSSR count).